The molecule has 254 valence electrons. The molecule has 0 aliphatic heterocycles. The Bertz CT molecular complexity index is 1370. The van der Waals surface area contributed by atoms with Crippen molar-refractivity contribution in [1.29, 1.82) is 0 Å². The molecule has 0 bridgehead atoms. The van der Waals surface area contributed by atoms with Gasteiger partial charge >= 0.3 is 12.2 Å². The molecule has 0 radical (unpaired) electrons. The first-order chi connectivity index (χ1) is 22.0. The summed E-state index contributed by atoms with van der Waals surface area (Å²) in [6, 6.07) is 14.4. The fourth-order valence-corrected chi connectivity index (χ4v) is 5.83. The van der Waals surface area contributed by atoms with Gasteiger partial charge in [0.25, 0.3) is 10.0 Å². The van der Waals surface area contributed by atoms with Crippen molar-refractivity contribution >= 4 is 33.8 Å². The van der Waals surface area contributed by atoms with Crippen LogP contribution in [0.2, 0.25) is 0 Å². The van der Waals surface area contributed by atoms with Crippen molar-refractivity contribution in [1.82, 2.24) is 15.1 Å². The lowest BCUT2D eigenvalue weighted by Gasteiger charge is -2.27. The third-order valence-electron chi connectivity index (χ3n) is 6.81. The number of carbonyl (C=O) groups is 3. The molecule has 46 heavy (non-hydrogen) atoms. The van der Waals surface area contributed by atoms with E-state index in [0.717, 1.165) is 23.3 Å². The Labute approximate surface area is 269 Å². The summed E-state index contributed by atoms with van der Waals surface area (Å²) in [5.41, 5.74) is 0.846. The summed E-state index contributed by atoms with van der Waals surface area (Å²) in [6.07, 6.45) is -0.423. The summed E-state index contributed by atoms with van der Waals surface area (Å²) < 4.78 is 39.0. The molecule has 0 heterocycles. The fourth-order valence-electron chi connectivity index (χ4n) is 4.47. The van der Waals surface area contributed by atoms with Crippen LogP contribution in [0, 0.1) is 5.92 Å². The lowest BCUT2D eigenvalue weighted by molar-refractivity contribution is -0.142. The summed E-state index contributed by atoms with van der Waals surface area (Å²) in [5, 5.41) is 24.7. The van der Waals surface area contributed by atoms with Crippen LogP contribution in [0.15, 0.2) is 59.5 Å². The third-order valence-corrected chi connectivity index (χ3v) is 8.44. The average molecular weight is 665 g/mol. The average Bonchev–Trinajstić information content (AvgIpc) is 3.56. The lowest BCUT2D eigenvalue weighted by atomic mass is 10.2. The molecule has 14 nitrogen and oxygen atoms in total. The van der Waals surface area contributed by atoms with E-state index in [-0.39, 0.29) is 49.4 Å². The minimum atomic E-state index is -4.42. The number of ether oxygens (including phenoxy) is 2. The standard InChI is InChI=1S/C31H44N4O10S/c1-23(2)21-44-31(40)34(20-29(38)32-15-16-36)25-11-8-14-28(17-25)46(41,42)35(45-27-12-6-7-13-27)19-26(37)18-33-30(39)43-22-24-9-4-3-5-10-24/h3-5,8-11,14,17,23,26-27,36-37H,6-7,12-13,15-16,18-22H2,1-2H3,(H,32,38)(H,33,39). The fraction of sp³-hybridized carbons (Fsp3) is 0.516. The molecule has 1 unspecified atom stereocenters. The Morgan fingerprint density at radius 3 is 2.39 bits per heavy atom. The van der Waals surface area contributed by atoms with E-state index < -0.39 is 53.4 Å². The van der Waals surface area contributed by atoms with Crippen molar-refractivity contribution in [2.75, 3.05) is 44.3 Å². The van der Waals surface area contributed by atoms with Crippen molar-refractivity contribution in [3.63, 3.8) is 0 Å². The molecule has 3 rings (SSSR count). The molecule has 1 saturated carbocycles. The van der Waals surface area contributed by atoms with Crippen LogP contribution in [-0.2, 0) is 35.7 Å². The van der Waals surface area contributed by atoms with E-state index in [9.17, 15) is 27.9 Å². The van der Waals surface area contributed by atoms with Crippen LogP contribution in [0.25, 0.3) is 0 Å². The zero-order chi connectivity index (χ0) is 33.5. The number of carbonyl (C=O) groups excluding carboxylic acids is 3. The maximum absolute atomic E-state index is 13.9. The van der Waals surface area contributed by atoms with Gasteiger partial charge in [-0.1, -0.05) is 67.6 Å². The number of nitrogens with one attached hydrogen (secondary N) is 2. The molecular weight excluding hydrogens is 620 g/mol. The van der Waals surface area contributed by atoms with Gasteiger partial charge in [0.05, 0.1) is 36.9 Å². The Hall–Kier alpha value is -3.76. The number of rotatable bonds is 17. The maximum atomic E-state index is 13.9. The monoisotopic (exact) mass is 664 g/mol. The summed E-state index contributed by atoms with van der Waals surface area (Å²) in [7, 11) is -4.42. The second-order valence-electron chi connectivity index (χ2n) is 11.2. The van der Waals surface area contributed by atoms with Crippen molar-refractivity contribution in [2.24, 2.45) is 5.92 Å². The van der Waals surface area contributed by atoms with Crippen molar-refractivity contribution in [3.8, 4) is 0 Å². The van der Waals surface area contributed by atoms with E-state index in [1.165, 1.54) is 24.3 Å². The van der Waals surface area contributed by atoms with Crippen molar-refractivity contribution in [2.45, 2.75) is 63.2 Å². The largest absolute Gasteiger partial charge is 0.449 e. The highest BCUT2D eigenvalue weighted by Crippen LogP contribution is 2.27. The highest BCUT2D eigenvalue weighted by atomic mass is 32.2. The minimum absolute atomic E-state index is 0.00802. The number of alkyl carbamates (subject to hydrolysis) is 1. The Kier molecular flexibility index (Phi) is 14.7. The molecule has 0 aromatic heterocycles. The number of hydrogen-bond donors (Lipinski definition) is 4. The van der Waals surface area contributed by atoms with E-state index in [0.29, 0.717) is 17.3 Å². The molecule has 2 aromatic carbocycles. The highest BCUT2D eigenvalue weighted by Gasteiger charge is 2.33. The van der Waals surface area contributed by atoms with Crippen LogP contribution in [-0.4, -0.2) is 92.8 Å². The van der Waals surface area contributed by atoms with Gasteiger partial charge in [-0.2, -0.15) is 0 Å². The first-order valence-electron chi connectivity index (χ1n) is 15.2. The zero-order valence-corrected chi connectivity index (χ0v) is 27.0. The summed E-state index contributed by atoms with van der Waals surface area (Å²) in [4.78, 5) is 44.3. The minimum Gasteiger partial charge on any atom is -0.449 e. The van der Waals surface area contributed by atoms with E-state index in [2.05, 4.69) is 10.6 Å². The zero-order valence-electron chi connectivity index (χ0n) is 26.2. The van der Waals surface area contributed by atoms with Gasteiger partial charge < -0.3 is 30.3 Å². The number of sulfonamides is 1. The quantitative estimate of drug-likeness (QED) is 0.183. The predicted molar refractivity (Wildman–Crippen MR) is 168 cm³/mol. The van der Waals surface area contributed by atoms with Gasteiger partial charge in [0, 0.05) is 18.8 Å². The Balaban J connectivity index is 1.77. The molecule has 4 N–H and O–H groups in total. The molecule has 1 aliphatic carbocycles. The smallest absolute Gasteiger partial charge is 0.414 e. The number of nitrogens with zero attached hydrogens (tertiary/aromatic N) is 2. The molecular formula is C31H44N4O10S. The molecule has 1 aliphatic rings. The third kappa shape index (κ3) is 11.9. The molecule has 1 fully saturated rings. The van der Waals surface area contributed by atoms with Crippen LogP contribution >= 0.6 is 0 Å². The molecule has 3 amide bonds. The second kappa shape index (κ2) is 18.4. The predicted octanol–water partition coefficient (Wildman–Crippen LogP) is 2.55. The normalized spacial score (nSPS) is 14.2. The van der Waals surface area contributed by atoms with Crippen molar-refractivity contribution in [3.05, 3.63) is 60.2 Å². The van der Waals surface area contributed by atoms with Gasteiger partial charge in [0.2, 0.25) is 5.91 Å². The molecule has 15 heteroatoms. The van der Waals surface area contributed by atoms with Gasteiger partial charge in [-0.05, 0) is 42.5 Å². The van der Waals surface area contributed by atoms with E-state index in [1.54, 1.807) is 12.1 Å². The maximum Gasteiger partial charge on any atom is 0.414 e. The number of hydroxylamine groups is 1. The molecule has 0 saturated heterocycles. The van der Waals surface area contributed by atoms with Gasteiger partial charge in [-0.15, -0.1) is 0 Å². The van der Waals surface area contributed by atoms with Gasteiger partial charge in [-0.25, -0.2) is 18.0 Å². The van der Waals surface area contributed by atoms with Crippen molar-refractivity contribution < 1.29 is 47.3 Å². The SMILES string of the molecule is CC(C)COC(=O)N(CC(=O)NCCO)c1cccc(S(=O)(=O)N(CC(O)CNC(=O)OCc2ccccc2)OC2CCCC2)c1. The van der Waals surface area contributed by atoms with Gasteiger partial charge in [-0.3, -0.25) is 14.5 Å². The second-order valence-corrected chi connectivity index (χ2v) is 13.1. The Morgan fingerprint density at radius 1 is 1.00 bits per heavy atom. The Morgan fingerprint density at radius 2 is 1.72 bits per heavy atom. The van der Waals surface area contributed by atoms with Crippen LogP contribution in [0.5, 0.6) is 0 Å². The van der Waals surface area contributed by atoms with E-state index in [1.807, 2.05) is 32.0 Å². The summed E-state index contributed by atoms with van der Waals surface area (Å²) in [5.74, 6) is -0.582. The summed E-state index contributed by atoms with van der Waals surface area (Å²) >= 11 is 0. The van der Waals surface area contributed by atoms with Gasteiger partial charge in [0.1, 0.15) is 13.2 Å². The van der Waals surface area contributed by atoms with Crippen LogP contribution < -0.4 is 15.5 Å². The lowest BCUT2D eigenvalue weighted by Crippen LogP contribution is -2.44. The number of anilines is 1. The number of hydrogen-bond acceptors (Lipinski definition) is 10. The number of aliphatic hydroxyl groups is 2. The topological polar surface area (TPSA) is 184 Å². The number of benzene rings is 2. The first kappa shape index (κ1) is 36.7. The first-order valence-corrected chi connectivity index (χ1v) is 16.7. The van der Waals surface area contributed by atoms with Crippen LogP contribution in [0.3, 0.4) is 0 Å². The van der Waals surface area contributed by atoms with Crippen LogP contribution in [0.4, 0.5) is 15.3 Å². The van der Waals surface area contributed by atoms with E-state index >= 15 is 0 Å². The molecule has 0 spiro atoms. The summed E-state index contributed by atoms with van der Waals surface area (Å²) in [6.45, 7) is 2.13. The van der Waals surface area contributed by atoms with Gasteiger partial charge in [0.15, 0.2) is 0 Å². The number of aliphatic hydroxyl groups excluding tert-OH is 2. The van der Waals surface area contributed by atoms with Crippen LogP contribution in [0.1, 0.15) is 45.1 Å². The van der Waals surface area contributed by atoms with E-state index in [4.69, 9.17) is 19.4 Å². The highest BCUT2D eigenvalue weighted by molar-refractivity contribution is 7.89. The molecule has 2 aromatic rings. The number of amides is 3. The molecule has 1 atom stereocenters.